The molecule has 0 saturated heterocycles. The first-order valence-electron chi connectivity index (χ1n) is 7.19. The fourth-order valence-electron chi connectivity index (χ4n) is 3.05. The van der Waals surface area contributed by atoms with E-state index in [0.717, 1.165) is 35.4 Å². The molecule has 0 spiro atoms. The van der Waals surface area contributed by atoms with Gasteiger partial charge in [-0.2, -0.15) is 0 Å². The molecule has 0 atom stereocenters. The molecule has 106 valence electrons. The first-order valence-corrected chi connectivity index (χ1v) is 7.57. The first kappa shape index (κ1) is 14.7. The number of hydrogen-bond acceptors (Lipinski definition) is 2. The van der Waals surface area contributed by atoms with Crippen molar-refractivity contribution in [3.63, 3.8) is 0 Å². The van der Waals surface area contributed by atoms with Gasteiger partial charge in [-0.1, -0.05) is 31.5 Å². The molecule has 1 aliphatic rings. The average molecular weight is 282 g/mol. The van der Waals surface area contributed by atoms with Gasteiger partial charge in [0.1, 0.15) is 0 Å². The van der Waals surface area contributed by atoms with Crippen LogP contribution in [-0.4, -0.2) is 17.3 Å². The second-order valence-electron chi connectivity index (χ2n) is 6.16. The molecule has 3 heteroatoms. The van der Waals surface area contributed by atoms with E-state index in [2.05, 4.69) is 19.2 Å². The van der Waals surface area contributed by atoms with Crippen LogP contribution in [0.25, 0.3) is 0 Å². The number of halogens is 1. The van der Waals surface area contributed by atoms with Crippen LogP contribution < -0.4 is 5.32 Å². The SMILES string of the molecule is CC(C)C1CCC(CO)(Nc2cccc(Cl)c2)CC1. The molecule has 1 aromatic rings. The third-order valence-electron chi connectivity index (χ3n) is 4.47. The number of anilines is 1. The highest BCUT2D eigenvalue weighted by Gasteiger charge is 2.35. The van der Waals surface area contributed by atoms with Gasteiger partial charge in [-0.3, -0.25) is 0 Å². The maximum Gasteiger partial charge on any atom is 0.0661 e. The predicted octanol–water partition coefficient (Wildman–Crippen LogP) is 4.33. The maximum absolute atomic E-state index is 9.80. The standard InChI is InChI=1S/C16H24ClNO/c1-12(2)13-6-8-16(11-19,9-7-13)18-15-5-3-4-14(17)10-15/h3-5,10,12-13,18-19H,6-9,11H2,1-2H3. The van der Waals surface area contributed by atoms with Crippen LogP contribution >= 0.6 is 11.6 Å². The zero-order valence-electron chi connectivity index (χ0n) is 11.8. The van der Waals surface area contributed by atoms with Crippen molar-refractivity contribution in [3.8, 4) is 0 Å². The van der Waals surface area contributed by atoms with Crippen molar-refractivity contribution < 1.29 is 5.11 Å². The number of aliphatic hydroxyl groups is 1. The van der Waals surface area contributed by atoms with Crippen LogP contribution in [0.3, 0.4) is 0 Å². The summed E-state index contributed by atoms with van der Waals surface area (Å²) in [5, 5.41) is 14.0. The van der Waals surface area contributed by atoms with Gasteiger partial charge in [-0.25, -0.2) is 0 Å². The maximum atomic E-state index is 9.80. The van der Waals surface area contributed by atoms with Gasteiger partial charge < -0.3 is 10.4 Å². The lowest BCUT2D eigenvalue weighted by atomic mass is 9.73. The number of rotatable bonds is 4. The molecule has 1 saturated carbocycles. The molecule has 0 aliphatic heterocycles. The minimum atomic E-state index is -0.171. The fraction of sp³-hybridized carbons (Fsp3) is 0.625. The molecule has 0 radical (unpaired) electrons. The number of benzene rings is 1. The summed E-state index contributed by atoms with van der Waals surface area (Å²) >= 11 is 6.01. The summed E-state index contributed by atoms with van der Waals surface area (Å²) < 4.78 is 0. The molecule has 1 aromatic carbocycles. The third kappa shape index (κ3) is 3.64. The summed E-state index contributed by atoms with van der Waals surface area (Å²) in [7, 11) is 0. The van der Waals surface area contributed by atoms with Gasteiger partial charge in [-0.05, 0) is 55.7 Å². The minimum Gasteiger partial charge on any atom is -0.394 e. The summed E-state index contributed by atoms with van der Waals surface area (Å²) in [5.41, 5.74) is 0.834. The van der Waals surface area contributed by atoms with Crippen molar-refractivity contribution in [2.24, 2.45) is 11.8 Å². The Morgan fingerprint density at radius 3 is 2.58 bits per heavy atom. The number of nitrogens with one attached hydrogen (secondary N) is 1. The Bertz CT molecular complexity index is 411. The van der Waals surface area contributed by atoms with E-state index in [1.54, 1.807) is 0 Å². The second kappa shape index (κ2) is 6.15. The van der Waals surface area contributed by atoms with Crippen LogP contribution in [0.15, 0.2) is 24.3 Å². The normalized spacial score (nSPS) is 27.5. The Morgan fingerprint density at radius 1 is 1.37 bits per heavy atom. The van der Waals surface area contributed by atoms with E-state index >= 15 is 0 Å². The van der Waals surface area contributed by atoms with Crippen LogP contribution in [0.1, 0.15) is 39.5 Å². The summed E-state index contributed by atoms with van der Waals surface area (Å²) in [6.45, 7) is 4.77. The van der Waals surface area contributed by atoms with Gasteiger partial charge in [0.15, 0.2) is 0 Å². The number of hydrogen-bond donors (Lipinski definition) is 2. The molecule has 19 heavy (non-hydrogen) atoms. The van der Waals surface area contributed by atoms with E-state index in [1.165, 1.54) is 12.8 Å². The smallest absolute Gasteiger partial charge is 0.0661 e. The summed E-state index contributed by atoms with van der Waals surface area (Å²) in [6.07, 6.45) is 4.43. The second-order valence-corrected chi connectivity index (χ2v) is 6.59. The van der Waals surface area contributed by atoms with E-state index in [4.69, 9.17) is 11.6 Å². The number of aliphatic hydroxyl groups excluding tert-OH is 1. The zero-order valence-corrected chi connectivity index (χ0v) is 12.6. The molecular formula is C16H24ClNO. The van der Waals surface area contributed by atoms with Gasteiger partial charge in [0.2, 0.25) is 0 Å². The monoisotopic (exact) mass is 281 g/mol. The third-order valence-corrected chi connectivity index (χ3v) is 4.70. The van der Waals surface area contributed by atoms with Crippen LogP contribution in [-0.2, 0) is 0 Å². The highest BCUT2D eigenvalue weighted by Crippen LogP contribution is 2.37. The van der Waals surface area contributed by atoms with Gasteiger partial charge in [0.05, 0.1) is 12.1 Å². The Morgan fingerprint density at radius 2 is 2.05 bits per heavy atom. The van der Waals surface area contributed by atoms with Crippen molar-refractivity contribution >= 4 is 17.3 Å². The van der Waals surface area contributed by atoms with E-state index in [1.807, 2.05) is 24.3 Å². The van der Waals surface area contributed by atoms with Gasteiger partial charge in [0.25, 0.3) is 0 Å². The first-order chi connectivity index (χ1) is 9.04. The predicted molar refractivity (Wildman–Crippen MR) is 81.7 cm³/mol. The molecule has 1 fully saturated rings. The highest BCUT2D eigenvalue weighted by molar-refractivity contribution is 6.30. The van der Waals surface area contributed by atoms with Crippen molar-refractivity contribution in [2.75, 3.05) is 11.9 Å². The lowest BCUT2D eigenvalue weighted by Crippen LogP contribution is -2.45. The van der Waals surface area contributed by atoms with Gasteiger partial charge >= 0.3 is 0 Å². The Balaban J connectivity index is 2.04. The van der Waals surface area contributed by atoms with Crippen LogP contribution in [0.2, 0.25) is 5.02 Å². The quantitative estimate of drug-likeness (QED) is 0.861. The zero-order chi connectivity index (χ0) is 13.9. The van der Waals surface area contributed by atoms with Crippen molar-refractivity contribution in [1.29, 1.82) is 0 Å². The summed E-state index contributed by atoms with van der Waals surface area (Å²) in [5.74, 6) is 1.53. The van der Waals surface area contributed by atoms with Crippen LogP contribution in [0, 0.1) is 11.8 Å². The molecule has 0 amide bonds. The molecule has 0 heterocycles. The van der Waals surface area contributed by atoms with Gasteiger partial charge in [-0.15, -0.1) is 0 Å². The lowest BCUT2D eigenvalue weighted by molar-refractivity contribution is 0.136. The van der Waals surface area contributed by atoms with E-state index in [0.29, 0.717) is 0 Å². The summed E-state index contributed by atoms with van der Waals surface area (Å²) in [6, 6.07) is 7.74. The highest BCUT2D eigenvalue weighted by atomic mass is 35.5. The van der Waals surface area contributed by atoms with Crippen molar-refractivity contribution in [2.45, 2.75) is 45.1 Å². The Hall–Kier alpha value is -0.730. The molecule has 0 unspecified atom stereocenters. The van der Waals surface area contributed by atoms with Crippen molar-refractivity contribution in [1.82, 2.24) is 0 Å². The van der Waals surface area contributed by atoms with E-state index in [-0.39, 0.29) is 12.1 Å². The molecule has 0 aromatic heterocycles. The lowest BCUT2D eigenvalue weighted by Gasteiger charge is -2.41. The van der Waals surface area contributed by atoms with Gasteiger partial charge in [0, 0.05) is 10.7 Å². The fourth-order valence-corrected chi connectivity index (χ4v) is 3.24. The largest absolute Gasteiger partial charge is 0.394 e. The van der Waals surface area contributed by atoms with Crippen LogP contribution in [0.4, 0.5) is 5.69 Å². The van der Waals surface area contributed by atoms with E-state index < -0.39 is 0 Å². The average Bonchev–Trinajstić information content (AvgIpc) is 2.39. The molecule has 2 nitrogen and oxygen atoms in total. The summed E-state index contributed by atoms with van der Waals surface area (Å²) in [4.78, 5) is 0. The minimum absolute atomic E-state index is 0.171. The topological polar surface area (TPSA) is 32.3 Å². The molecule has 1 aliphatic carbocycles. The molecule has 0 bridgehead atoms. The van der Waals surface area contributed by atoms with Crippen LogP contribution in [0.5, 0.6) is 0 Å². The Kier molecular flexibility index (Phi) is 4.75. The Labute approximate surface area is 121 Å². The van der Waals surface area contributed by atoms with Crippen molar-refractivity contribution in [3.05, 3.63) is 29.3 Å². The molecular weight excluding hydrogens is 258 g/mol. The molecule has 2 N–H and O–H groups in total. The van der Waals surface area contributed by atoms with E-state index in [9.17, 15) is 5.11 Å². The molecule has 2 rings (SSSR count).